The van der Waals surface area contributed by atoms with Crippen molar-refractivity contribution < 1.29 is 8.42 Å². The van der Waals surface area contributed by atoms with Gasteiger partial charge in [-0.05, 0) is 50.3 Å². The van der Waals surface area contributed by atoms with E-state index in [0.717, 1.165) is 36.2 Å². The van der Waals surface area contributed by atoms with Crippen LogP contribution in [0.2, 0.25) is 0 Å². The lowest BCUT2D eigenvalue weighted by atomic mass is 9.85. The predicted octanol–water partition coefficient (Wildman–Crippen LogP) is 2.98. The highest BCUT2D eigenvalue weighted by Crippen LogP contribution is 2.34. The molecule has 1 aliphatic rings. The Morgan fingerprint density at radius 1 is 1.33 bits per heavy atom. The van der Waals surface area contributed by atoms with Crippen molar-refractivity contribution in [1.29, 1.82) is 0 Å². The molecule has 0 bridgehead atoms. The van der Waals surface area contributed by atoms with Crippen LogP contribution in [0.5, 0.6) is 0 Å². The van der Waals surface area contributed by atoms with Gasteiger partial charge in [0.05, 0.1) is 0 Å². The molecule has 120 valence electrons. The van der Waals surface area contributed by atoms with Gasteiger partial charge in [0.2, 0.25) is 0 Å². The highest BCUT2D eigenvalue weighted by atomic mass is 32.2. The van der Waals surface area contributed by atoms with Gasteiger partial charge in [-0.25, -0.2) is 8.42 Å². The van der Waals surface area contributed by atoms with E-state index in [1.54, 1.807) is 4.31 Å². The smallest absolute Gasteiger partial charge is 0.252 e. The molecule has 2 rings (SSSR count). The highest BCUT2D eigenvalue weighted by molar-refractivity contribution is 7.91. The fourth-order valence-electron chi connectivity index (χ4n) is 2.72. The zero-order chi connectivity index (χ0) is 15.7. The van der Waals surface area contributed by atoms with E-state index in [1.165, 1.54) is 11.3 Å². The lowest BCUT2D eigenvalue weighted by Gasteiger charge is -2.22. The first-order valence-electron chi connectivity index (χ1n) is 7.50. The van der Waals surface area contributed by atoms with Crippen molar-refractivity contribution in [2.45, 2.75) is 50.8 Å². The summed E-state index contributed by atoms with van der Waals surface area (Å²) in [5.41, 5.74) is 1.30. The van der Waals surface area contributed by atoms with Gasteiger partial charge in [-0.1, -0.05) is 13.8 Å². The molecule has 1 aromatic heterocycles. The van der Waals surface area contributed by atoms with Crippen LogP contribution in [0.4, 0.5) is 0 Å². The number of nitrogens with one attached hydrogen (secondary N) is 1. The Labute approximate surface area is 132 Å². The van der Waals surface area contributed by atoms with E-state index in [1.807, 2.05) is 20.0 Å². The molecule has 1 aliphatic heterocycles. The summed E-state index contributed by atoms with van der Waals surface area (Å²) in [7, 11) is -1.45. The van der Waals surface area contributed by atoms with Gasteiger partial charge in [-0.15, -0.1) is 11.3 Å². The zero-order valence-corrected chi connectivity index (χ0v) is 15.0. The minimum absolute atomic E-state index is 0.243. The Bertz CT molecular complexity index is 591. The summed E-state index contributed by atoms with van der Waals surface area (Å²) < 4.78 is 27.8. The van der Waals surface area contributed by atoms with Crippen LogP contribution in [0.15, 0.2) is 10.3 Å². The molecule has 0 unspecified atom stereocenters. The minimum Gasteiger partial charge on any atom is -0.315 e. The summed E-state index contributed by atoms with van der Waals surface area (Å²) in [4.78, 5) is 1.10. The molecule has 0 amide bonds. The second-order valence-electron chi connectivity index (χ2n) is 6.62. The van der Waals surface area contributed by atoms with E-state index in [0.29, 0.717) is 17.3 Å². The highest BCUT2D eigenvalue weighted by Gasteiger charge is 2.31. The molecule has 0 atom stereocenters. The van der Waals surface area contributed by atoms with E-state index < -0.39 is 10.0 Å². The van der Waals surface area contributed by atoms with Gasteiger partial charge in [-0.2, -0.15) is 4.31 Å². The third-order valence-electron chi connectivity index (χ3n) is 4.23. The van der Waals surface area contributed by atoms with Crippen LogP contribution in [0.25, 0.3) is 0 Å². The lowest BCUT2D eigenvalue weighted by molar-refractivity contribution is 0.315. The molecule has 1 fully saturated rings. The van der Waals surface area contributed by atoms with Gasteiger partial charge in [0.25, 0.3) is 10.0 Å². The number of aryl methyl sites for hydroxylation is 1. The molecule has 0 saturated carbocycles. The number of hydrogen-bond donors (Lipinski definition) is 1. The van der Waals surface area contributed by atoms with Crippen molar-refractivity contribution in [1.82, 2.24) is 9.62 Å². The molecule has 0 aromatic carbocycles. The van der Waals surface area contributed by atoms with E-state index in [4.69, 9.17) is 0 Å². The first-order chi connectivity index (χ1) is 9.76. The number of sulfonamides is 1. The SMILES string of the molecule is CNCc1sc(S(=O)(=O)N2CCCC(C)(C)CC2)cc1C. The normalized spacial score (nSPS) is 20.4. The van der Waals surface area contributed by atoms with Crippen LogP contribution in [-0.2, 0) is 16.6 Å². The Hall–Kier alpha value is -0.430. The molecule has 1 aromatic rings. The van der Waals surface area contributed by atoms with Crippen molar-refractivity contribution in [3.05, 3.63) is 16.5 Å². The molecule has 21 heavy (non-hydrogen) atoms. The average Bonchev–Trinajstić information content (AvgIpc) is 2.65. The molecule has 6 heteroatoms. The van der Waals surface area contributed by atoms with Gasteiger partial charge in [0.15, 0.2) is 0 Å². The Kier molecular flexibility index (Phi) is 5.13. The molecule has 0 spiro atoms. The summed E-state index contributed by atoms with van der Waals surface area (Å²) in [6, 6.07) is 1.82. The summed E-state index contributed by atoms with van der Waals surface area (Å²) in [5, 5.41) is 3.09. The van der Waals surface area contributed by atoms with Crippen molar-refractivity contribution in [2.75, 3.05) is 20.1 Å². The molecule has 1 N–H and O–H groups in total. The molecule has 1 saturated heterocycles. The van der Waals surface area contributed by atoms with E-state index >= 15 is 0 Å². The van der Waals surface area contributed by atoms with Gasteiger partial charge in [-0.3, -0.25) is 0 Å². The number of nitrogens with zero attached hydrogens (tertiary/aromatic N) is 1. The maximum Gasteiger partial charge on any atom is 0.252 e. The van der Waals surface area contributed by atoms with Gasteiger partial charge < -0.3 is 5.32 Å². The fourth-order valence-corrected chi connectivity index (χ4v) is 5.95. The van der Waals surface area contributed by atoms with Crippen molar-refractivity contribution in [3.8, 4) is 0 Å². The molecular formula is C15H26N2O2S2. The van der Waals surface area contributed by atoms with Crippen molar-refractivity contribution >= 4 is 21.4 Å². The number of hydrogen-bond acceptors (Lipinski definition) is 4. The van der Waals surface area contributed by atoms with Gasteiger partial charge in [0, 0.05) is 24.5 Å². The zero-order valence-electron chi connectivity index (χ0n) is 13.4. The third-order valence-corrected chi connectivity index (χ3v) is 7.81. The molecule has 0 radical (unpaired) electrons. The second-order valence-corrected chi connectivity index (χ2v) is 9.93. The fraction of sp³-hybridized carbons (Fsp3) is 0.733. The third kappa shape index (κ3) is 3.86. The molecular weight excluding hydrogens is 304 g/mol. The van der Waals surface area contributed by atoms with Crippen LogP contribution >= 0.6 is 11.3 Å². The Morgan fingerprint density at radius 3 is 2.71 bits per heavy atom. The Balaban J connectivity index is 2.23. The van der Waals surface area contributed by atoms with Gasteiger partial charge >= 0.3 is 0 Å². The van der Waals surface area contributed by atoms with Crippen LogP contribution in [-0.4, -0.2) is 32.9 Å². The predicted molar refractivity (Wildman–Crippen MR) is 88.2 cm³/mol. The lowest BCUT2D eigenvalue weighted by Crippen LogP contribution is -2.32. The monoisotopic (exact) mass is 330 g/mol. The maximum absolute atomic E-state index is 12.8. The maximum atomic E-state index is 12.8. The summed E-state index contributed by atoms with van der Waals surface area (Å²) in [6.45, 7) is 8.43. The topological polar surface area (TPSA) is 49.4 Å². The second kappa shape index (κ2) is 6.36. The van der Waals surface area contributed by atoms with E-state index in [2.05, 4.69) is 19.2 Å². The van der Waals surface area contributed by atoms with Crippen LogP contribution in [0, 0.1) is 12.3 Å². The van der Waals surface area contributed by atoms with Crippen LogP contribution < -0.4 is 5.32 Å². The van der Waals surface area contributed by atoms with E-state index in [9.17, 15) is 8.42 Å². The number of rotatable bonds is 4. The first kappa shape index (κ1) is 16.9. The number of thiophene rings is 1. The van der Waals surface area contributed by atoms with Crippen LogP contribution in [0.1, 0.15) is 43.6 Å². The van der Waals surface area contributed by atoms with Crippen molar-refractivity contribution in [2.24, 2.45) is 5.41 Å². The quantitative estimate of drug-likeness (QED) is 0.923. The van der Waals surface area contributed by atoms with Gasteiger partial charge in [0.1, 0.15) is 4.21 Å². The first-order valence-corrected chi connectivity index (χ1v) is 9.76. The summed E-state index contributed by atoms with van der Waals surface area (Å²) >= 11 is 1.40. The summed E-state index contributed by atoms with van der Waals surface area (Å²) in [6.07, 6.45) is 2.97. The van der Waals surface area contributed by atoms with Crippen LogP contribution in [0.3, 0.4) is 0 Å². The molecule has 2 heterocycles. The average molecular weight is 331 g/mol. The van der Waals surface area contributed by atoms with Crippen molar-refractivity contribution in [3.63, 3.8) is 0 Å². The van der Waals surface area contributed by atoms with E-state index in [-0.39, 0.29) is 5.41 Å². The largest absolute Gasteiger partial charge is 0.315 e. The molecule has 4 nitrogen and oxygen atoms in total. The standard InChI is InChI=1S/C15H26N2O2S2/c1-12-10-14(20-13(12)11-16-4)21(18,19)17-8-5-6-15(2,3)7-9-17/h10,16H,5-9,11H2,1-4H3. The molecule has 0 aliphatic carbocycles. The minimum atomic E-state index is -3.33. The Morgan fingerprint density at radius 2 is 2.05 bits per heavy atom. The summed E-state index contributed by atoms with van der Waals surface area (Å²) in [5.74, 6) is 0.